The Labute approximate surface area is 112 Å². The zero-order valence-electron chi connectivity index (χ0n) is 10.3. The fraction of sp³-hybridized carbons (Fsp3) is 0.385. The zero-order chi connectivity index (χ0) is 13.6. The lowest BCUT2D eigenvalue weighted by Crippen LogP contribution is -2.51. The van der Waals surface area contributed by atoms with Crippen molar-refractivity contribution in [3.05, 3.63) is 29.3 Å². The van der Waals surface area contributed by atoms with Gasteiger partial charge >= 0.3 is 0 Å². The highest BCUT2D eigenvalue weighted by Gasteiger charge is 2.39. The average molecular weight is 256 g/mol. The van der Waals surface area contributed by atoms with E-state index < -0.39 is 12.3 Å². The number of nitrogens with one attached hydrogen (secondary N) is 1. The van der Waals surface area contributed by atoms with Crippen LogP contribution in [-0.4, -0.2) is 35.7 Å². The lowest BCUT2D eigenvalue weighted by Gasteiger charge is -2.31. The summed E-state index contributed by atoms with van der Waals surface area (Å²) in [6.07, 6.45) is -0.122. The van der Waals surface area contributed by atoms with Crippen molar-refractivity contribution in [2.75, 3.05) is 0 Å². The summed E-state index contributed by atoms with van der Waals surface area (Å²) in [5.41, 5.74) is 2.22. The molecule has 1 aromatic carbocycles. The molecule has 2 aliphatic heterocycles. The molecule has 2 heterocycles. The fourth-order valence-electron chi connectivity index (χ4n) is 2.77. The summed E-state index contributed by atoms with van der Waals surface area (Å²) in [4.78, 5) is 24.7. The second-order valence-corrected chi connectivity index (χ2v) is 4.93. The number of nitrogens with zero attached hydrogens (tertiary/aromatic N) is 1. The first kappa shape index (κ1) is 12.4. The molecule has 2 unspecified atom stereocenters. The molecule has 19 heavy (non-hydrogen) atoms. The van der Waals surface area contributed by atoms with Crippen LogP contribution < -0.4 is 10.8 Å². The van der Waals surface area contributed by atoms with E-state index in [9.17, 15) is 14.7 Å². The maximum Gasteiger partial charge on any atom is 0.244 e. The maximum atomic E-state index is 11.9. The van der Waals surface area contributed by atoms with Gasteiger partial charge in [0.05, 0.1) is 6.04 Å². The van der Waals surface area contributed by atoms with Gasteiger partial charge in [-0.15, -0.1) is 0 Å². The standard InChI is InChI=1S/C13H13BN2O3/c14-9-3-1-2-7-8(9)6-16(13(7)19)10-4-5-11(17)15-12(10)18/h1-3,10,13,19H,4-6H2,(H,15,17,18). The zero-order valence-corrected chi connectivity index (χ0v) is 10.3. The Hall–Kier alpha value is -1.66. The van der Waals surface area contributed by atoms with Gasteiger partial charge in [0, 0.05) is 13.0 Å². The van der Waals surface area contributed by atoms with Crippen LogP contribution in [0.25, 0.3) is 0 Å². The molecule has 2 amide bonds. The molecule has 2 radical (unpaired) electrons. The first-order chi connectivity index (χ1) is 9.08. The molecule has 1 aromatic rings. The first-order valence-electron chi connectivity index (χ1n) is 6.22. The summed E-state index contributed by atoms with van der Waals surface area (Å²) in [5.74, 6) is -0.603. The number of imide groups is 1. The molecule has 1 fully saturated rings. The lowest BCUT2D eigenvalue weighted by molar-refractivity contribution is -0.141. The van der Waals surface area contributed by atoms with Crippen molar-refractivity contribution in [1.82, 2.24) is 10.2 Å². The largest absolute Gasteiger partial charge is 0.374 e. The van der Waals surface area contributed by atoms with Gasteiger partial charge in [0.15, 0.2) is 0 Å². The molecule has 2 aliphatic rings. The topological polar surface area (TPSA) is 69.6 Å². The quantitative estimate of drug-likeness (QED) is 0.504. The fourth-order valence-corrected chi connectivity index (χ4v) is 2.77. The monoisotopic (exact) mass is 256 g/mol. The number of benzene rings is 1. The van der Waals surface area contributed by atoms with Crippen LogP contribution in [-0.2, 0) is 16.1 Å². The number of fused-ring (bicyclic) bond motifs is 1. The minimum Gasteiger partial charge on any atom is -0.374 e. The number of carbonyl (C=O) groups is 2. The van der Waals surface area contributed by atoms with Crippen LogP contribution in [0.2, 0.25) is 0 Å². The Morgan fingerprint density at radius 1 is 1.37 bits per heavy atom. The van der Waals surface area contributed by atoms with Gasteiger partial charge in [-0.25, -0.2) is 0 Å². The van der Waals surface area contributed by atoms with Gasteiger partial charge in [-0.1, -0.05) is 23.7 Å². The van der Waals surface area contributed by atoms with Gasteiger partial charge in [0.2, 0.25) is 11.8 Å². The number of aliphatic hydroxyl groups is 1. The van der Waals surface area contributed by atoms with Gasteiger partial charge < -0.3 is 5.11 Å². The van der Waals surface area contributed by atoms with Crippen LogP contribution >= 0.6 is 0 Å². The molecule has 3 rings (SSSR count). The summed E-state index contributed by atoms with van der Waals surface area (Å²) in [6, 6.07) is 4.88. The van der Waals surface area contributed by atoms with Gasteiger partial charge in [-0.2, -0.15) is 0 Å². The third-order valence-electron chi connectivity index (χ3n) is 3.79. The highest BCUT2D eigenvalue weighted by Crippen LogP contribution is 2.33. The highest BCUT2D eigenvalue weighted by atomic mass is 16.3. The van der Waals surface area contributed by atoms with Crippen LogP contribution in [0.4, 0.5) is 0 Å². The number of piperidine rings is 1. The molecular formula is C13H13BN2O3. The highest BCUT2D eigenvalue weighted by molar-refractivity contribution is 6.33. The van der Waals surface area contributed by atoms with Crippen LogP contribution in [0.3, 0.4) is 0 Å². The van der Waals surface area contributed by atoms with E-state index in [0.717, 1.165) is 11.1 Å². The number of hydrogen-bond donors (Lipinski definition) is 2. The molecule has 5 nitrogen and oxygen atoms in total. The molecule has 0 aliphatic carbocycles. The van der Waals surface area contributed by atoms with E-state index in [1.165, 1.54) is 0 Å². The van der Waals surface area contributed by atoms with Gasteiger partial charge in [-0.3, -0.25) is 19.8 Å². The Morgan fingerprint density at radius 3 is 2.84 bits per heavy atom. The third kappa shape index (κ3) is 1.97. The summed E-state index contributed by atoms with van der Waals surface area (Å²) in [5, 5.41) is 12.6. The maximum absolute atomic E-state index is 11.9. The average Bonchev–Trinajstić information content (AvgIpc) is 2.69. The molecule has 2 N–H and O–H groups in total. The van der Waals surface area contributed by atoms with Gasteiger partial charge in [0.25, 0.3) is 0 Å². The number of aliphatic hydroxyl groups excluding tert-OH is 1. The second kappa shape index (κ2) is 4.47. The molecule has 2 atom stereocenters. The molecule has 0 spiro atoms. The molecule has 96 valence electrons. The van der Waals surface area contributed by atoms with E-state index in [0.29, 0.717) is 24.8 Å². The third-order valence-corrected chi connectivity index (χ3v) is 3.79. The van der Waals surface area contributed by atoms with E-state index >= 15 is 0 Å². The summed E-state index contributed by atoms with van der Waals surface area (Å²) in [7, 11) is 5.89. The summed E-state index contributed by atoms with van der Waals surface area (Å²) in [6.45, 7) is 0.426. The predicted molar refractivity (Wildman–Crippen MR) is 68.5 cm³/mol. The number of rotatable bonds is 1. The van der Waals surface area contributed by atoms with Crippen molar-refractivity contribution >= 4 is 25.1 Å². The van der Waals surface area contributed by atoms with E-state index in [1.807, 2.05) is 6.07 Å². The second-order valence-electron chi connectivity index (χ2n) is 4.93. The van der Waals surface area contributed by atoms with Crippen LogP contribution in [0.1, 0.15) is 30.2 Å². The first-order valence-corrected chi connectivity index (χ1v) is 6.22. The Balaban J connectivity index is 1.87. The van der Waals surface area contributed by atoms with E-state index in [1.54, 1.807) is 17.0 Å². The molecule has 1 saturated heterocycles. The van der Waals surface area contributed by atoms with Crippen molar-refractivity contribution in [2.45, 2.75) is 31.7 Å². The normalized spacial score (nSPS) is 27.2. The Morgan fingerprint density at radius 2 is 2.16 bits per heavy atom. The van der Waals surface area contributed by atoms with Crippen molar-refractivity contribution < 1.29 is 14.7 Å². The molecule has 0 saturated carbocycles. The lowest BCUT2D eigenvalue weighted by atomic mass is 9.89. The predicted octanol–water partition coefficient (Wildman–Crippen LogP) is -0.908. The minimum absolute atomic E-state index is 0.257. The molecule has 0 aromatic heterocycles. The van der Waals surface area contributed by atoms with Crippen molar-refractivity contribution in [3.8, 4) is 0 Å². The van der Waals surface area contributed by atoms with Crippen molar-refractivity contribution in [3.63, 3.8) is 0 Å². The van der Waals surface area contributed by atoms with Gasteiger partial charge in [-0.05, 0) is 17.5 Å². The van der Waals surface area contributed by atoms with Crippen LogP contribution in [0.15, 0.2) is 18.2 Å². The Kier molecular flexibility index (Phi) is 2.91. The molecule has 0 bridgehead atoms. The number of amides is 2. The van der Waals surface area contributed by atoms with Crippen molar-refractivity contribution in [2.24, 2.45) is 0 Å². The van der Waals surface area contributed by atoms with Crippen LogP contribution in [0, 0.1) is 0 Å². The molecule has 6 heteroatoms. The van der Waals surface area contributed by atoms with Gasteiger partial charge in [0.1, 0.15) is 14.1 Å². The smallest absolute Gasteiger partial charge is 0.244 e. The number of hydrogen-bond acceptors (Lipinski definition) is 4. The van der Waals surface area contributed by atoms with E-state index in [-0.39, 0.29) is 11.8 Å². The summed E-state index contributed by atoms with van der Waals surface area (Å²) < 4.78 is 0. The Bertz CT molecular complexity index is 561. The SMILES string of the molecule is [B]c1cccc2c1CN(C1CCC(=O)NC1=O)C2O. The summed E-state index contributed by atoms with van der Waals surface area (Å²) >= 11 is 0. The number of carbonyl (C=O) groups excluding carboxylic acids is 2. The van der Waals surface area contributed by atoms with E-state index in [4.69, 9.17) is 7.85 Å². The van der Waals surface area contributed by atoms with E-state index in [2.05, 4.69) is 5.32 Å². The molecular weight excluding hydrogens is 243 g/mol. The van der Waals surface area contributed by atoms with Crippen LogP contribution in [0.5, 0.6) is 0 Å². The minimum atomic E-state index is -0.845. The van der Waals surface area contributed by atoms with Crippen molar-refractivity contribution in [1.29, 1.82) is 0 Å².